The zero-order valence-electron chi connectivity index (χ0n) is 21.1. The fraction of sp³-hybridized carbons (Fsp3) is 0.519. The minimum atomic E-state index is -1.10. The molecule has 1 amide bonds. The van der Waals surface area contributed by atoms with Gasteiger partial charge in [0.25, 0.3) is 0 Å². The first-order valence-electron chi connectivity index (χ1n) is 12.6. The summed E-state index contributed by atoms with van der Waals surface area (Å²) in [4.78, 5) is 27.6. The van der Waals surface area contributed by atoms with E-state index < -0.39 is 11.6 Å². The smallest absolute Gasteiger partial charge is 0.138 e. The predicted octanol–water partition coefficient (Wildman–Crippen LogP) is 3.26. The molecule has 186 valence electrons. The summed E-state index contributed by atoms with van der Waals surface area (Å²) in [5, 5.41) is 11.9. The van der Waals surface area contributed by atoms with E-state index in [2.05, 4.69) is 39.6 Å². The molecule has 0 unspecified atom stereocenters. The largest absolute Gasteiger partial charge is 0.530 e. The fourth-order valence-corrected chi connectivity index (χ4v) is 5.89. The molecule has 0 radical (unpaired) electrons. The third-order valence-corrected chi connectivity index (χ3v) is 7.40. The van der Waals surface area contributed by atoms with Crippen LogP contribution in [0.2, 0.25) is 0 Å². The summed E-state index contributed by atoms with van der Waals surface area (Å²) in [5.41, 5.74) is 3.99. The zero-order chi connectivity index (χ0) is 24.7. The molecule has 0 N–H and O–H groups in total. The van der Waals surface area contributed by atoms with E-state index in [4.69, 9.17) is 9.97 Å². The third kappa shape index (κ3) is 4.59. The summed E-state index contributed by atoms with van der Waals surface area (Å²) < 4.78 is 2.14. The SMILES string of the molecule is CN(Cc1cn2c(N3CC[C@@H](N(C(=O)[O-])C(C)(C)C)C3)cccc2n1)[C@H]1CCCc2cccnc21. The number of aromatic nitrogens is 3. The predicted molar refractivity (Wildman–Crippen MR) is 134 cm³/mol. The van der Waals surface area contributed by atoms with Crippen molar-refractivity contribution in [2.75, 3.05) is 25.0 Å². The summed E-state index contributed by atoms with van der Waals surface area (Å²) >= 11 is 0. The summed E-state index contributed by atoms with van der Waals surface area (Å²) in [5.74, 6) is 1.04. The molecule has 35 heavy (non-hydrogen) atoms. The third-order valence-electron chi connectivity index (χ3n) is 7.40. The highest BCUT2D eigenvalue weighted by Crippen LogP contribution is 2.33. The van der Waals surface area contributed by atoms with Crippen molar-refractivity contribution in [2.45, 2.75) is 70.6 Å². The molecule has 1 aliphatic carbocycles. The van der Waals surface area contributed by atoms with Crippen molar-refractivity contribution in [1.82, 2.24) is 24.2 Å². The van der Waals surface area contributed by atoms with E-state index >= 15 is 0 Å². The van der Waals surface area contributed by atoms with Crippen LogP contribution < -0.4 is 10.0 Å². The van der Waals surface area contributed by atoms with Gasteiger partial charge >= 0.3 is 0 Å². The van der Waals surface area contributed by atoms with Crippen molar-refractivity contribution < 1.29 is 9.90 Å². The number of aryl methyl sites for hydroxylation is 1. The van der Waals surface area contributed by atoms with E-state index in [1.54, 1.807) is 0 Å². The number of carboxylic acid groups (broad SMARTS) is 1. The molecule has 2 aliphatic rings. The summed E-state index contributed by atoms with van der Waals surface area (Å²) in [6.07, 6.45) is 7.08. The topological polar surface area (TPSA) is 80.0 Å². The molecule has 0 aromatic carbocycles. The molecule has 1 aliphatic heterocycles. The molecule has 8 heteroatoms. The lowest BCUT2D eigenvalue weighted by Gasteiger charge is -2.42. The van der Waals surface area contributed by atoms with Gasteiger partial charge in [0.1, 0.15) is 17.6 Å². The number of nitrogens with zero attached hydrogens (tertiary/aromatic N) is 6. The zero-order valence-corrected chi connectivity index (χ0v) is 21.1. The van der Waals surface area contributed by atoms with Crippen LogP contribution in [0.25, 0.3) is 5.65 Å². The lowest BCUT2D eigenvalue weighted by Crippen LogP contribution is -2.57. The number of imidazole rings is 1. The Bertz CT molecular complexity index is 1220. The molecule has 2 atom stereocenters. The van der Waals surface area contributed by atoms with Gasteiger partial charge in [-0.1, -0.05) is 12.1 Å². The van der Waals surface area contributed by atoms with Gasteiger partial charge in [0.2, 0.25) is 0 Å². The van der Waals surface area contributed by atoms with Crippen LogP contribution in [0.1, 0.15) is 63.0 Å². The number of pyridine rings is 2. The van der Waals surface area contributed by atoms with Crippen LogP contribution in [0.15, 0.2) is 42.7 Å². The fourth-order valence-electron chi connectivity index (χ4n) is 5.89. The van der Waals surface area contributed by atoms with Crippen molar-refractivity contribution >= 4 is 17.6 Å². The van der Waals surface area contributed by atoms with Gasteiger partial charge in [-0.3, -0.25) is 14.3 Å². The normalized spacial score (nSPS) is 20.4. The van der Waals surface area contributed by atoms with Gasteiger partial charge in [-0.05, 0) is 77.3 Å². The van der Waals surface area contributed by atoms with Crippen LogP contribution in [-0.4, -0.2) is 62.0 Å². The van der Waals surface area contributed by atoms with E-state index in [-0.39, 0.29) is 6.04 Å². The Morgan fingerprint density at radius 3 is 2.80 bits per heavy atom. The van der Waals surface area contributed by atoms with Gasteiger partial charge in [0.15, 0.2) is 0 Å². The van der Waals surface area contributed by atoms with Crippen LogP contribution >= 0.6 is 0 Å². The monoisotopic (exact) mass is 475 g/mol. The number of carbonyl (C=O) groups is 1. The second-order valence-corrected chi connectivity index (χ2v) is 10.9. The Labute approximate surface area is 207 Å². The molecule has 3 aromatic rings. The number of rotatable bonds is 5. The summed E-state index contributed by atoms with van der Waals surface area (Å²) in [6, 6.07) is 10.6. The van der Waals surface area contributed by atoms with Gasteiger partial charge in [-0.15, -0.1) is 0 Å². The van der Waals surface area contributed by atoms with Crippen molar-refractivity contribution in [3.05, 3.63) is 59.7 Å². The molecule has 0 saturated carbocycles. The second kappa shape index (κ2) is 9.15. The van der Waals surface area contributed by atoms with E-state index in [9.17, 15) is 9.90 Å². The first kappa shape index (κ1) is 23.6. The molecule has 0 bridgehead atoms. The highest BCUT2D eigenvalue weighted by Gasteiger charge is 2.34. The molecule has 1 saturated heterocycles. The van der Waals surface area contributed by atoms with Gasteiger partial charge in [-0.2, -0.15) is 0 Å². The van der Waals surface area contributed by atoms with Crippen molar-refractivity contribution in [1.29, 1.82) is 0 Å². The van der Waals surface area contributed by atoms with Gasteiger partial charge < -0.3 is 19.7 Å². The molecule has 3 aromatic heterocycles. The highest BCUT2D eigenvalue weighted by molar-refractivity contribution is 5.64. The first-order chi connectivity index (χ1) is 16.7. The maximum Gasteiger partial charge on any atom is 0.138 e. The van der Waals surface area contributed by atoms with Crippen molar-refractivity contribution in [3.8, 4) is 0 Å². The molecule has 4 heterocycles. The Morgan fingerprint density at radius 1 is 1.20 bits per heavy atom. The number of carbonyl (C=O) groups excluding carboxylic acids is 1. The molecule has 1 fully saturated rings. The molecular formula is C27H35N6O2-. The van der Waals surface area contributed by atoms with E-state index in [1.807, 2.05) is 45.2 Å². The van der Waals surface area contributed by atoms with Crippen LogP contribution in [0.3, 0.4) is 0 Å². The van der Waals surface area contributed by atoms with E-state index in [1.165, 1.54) is 22.6 Å². The Balaban J connectivity index is 1.36. The molecule has 5 rings (SSSR count). The minimum Gasteiger partial charge on any atom is -0.530 e. The molecule has 8 nitrogen and oxygen atoms in total. The molecular weight excluding hydrogens is 440 g/mol. The minimum absolute atomic E-state index is 0.0942. The lowest BCUT2D eigenvalue weighted by molar-refractivity contribution is -0.273. The number of hydrogen-bond acceptors (Lipinski definition) is 6. The second-order valence-electron chi connectivity index (χ2n) is 10.9. The Hall–Kier alpha value is -3.13. The number of hydrogen-bond donors (Lipinski definition) is 0. The number of amides is 1. The quantitative estimate of drug-likeness (QED) is 0.564. The summed E-state index contributed by atoms with van der Waals surface area (Å²) in [6.45, 7) is 7.94. The summed E-state index contributed by atoms with van der Waals surface area (Å²) in [7, 11) is 2.16. The Kier molecular flexibility index (Phi) is 6.17. The maximum absolute atomic E-state index is 11.9. The van der Waals surface area contributed by atoms with Crippen molar-refractivity contribution in [2.24, 2.45) is 0 Å². The van der Waals surface area contributed by atoms with Gasteiger partial charge in [0.05, 0.1) is 17.4 Å². The van der Waals surface area contributed by atoms with Crippen LogP contribution in [0.4, 0.5) is 10.6 Å². The van der Waals surface area contributed by atoms with E-state index in [0.29, 0.717) is 12.6 Å². The average Bonchev–Trinajstić information content (AvgIpc) is 3.44. The highest BCUT2D eigenvalue weighted by atomic mass is 16.4. The van der Waals surface area contributed by atoms with Gasteiger partial charge in [0, 0.05) is 43.6 Å². The van der Waals surface area contributed by atoms with E-state index in [0.717, 1.165) is 49.5 Å². The number of anilines is 1. The first-order valence-corrected chi connectivity index (χ1v) is 12.6. The lowest BCUT2D eigenvalue weighted by atomic mass is 9.91. The van der Waals surface area contributed by atoms with Crippen LogP contribution in [0, 0.1) is 0 Å². The average molecular weight is 476 g/mol. The standard InChI is InChI=1S/C27H36N6O2/c1-27(2,3)33(26(34)35)21-13-15-31(18-21)24-12-6-11-23-29-20(17-32(23)24)16-30(4)22-10-5-8-19-9-7-14-28-25(19)22/h6-7,9,11-12,14,17,21-22H,5,8,10,13,15-16,18H2,1-4H3,(H,34,35)/p-1/t21-,22+/m1/s1. The molecule has 0 spiro atoms. The Morgan fingerprint density at radius 2 is 2.03 bits per heavy atom. The van der Waals surface area contributed by atoms with Crippen molar-refractivity contribution in [3.63, 3.8) is 0 Å². The maximum atomic E-state index is 11.9. The number of fused-ring (bicyclic) bond motifs is 2. The van der Waals surface area contributed by atoms with Gasteiger partial charge in [-0.25, -0.2) is 4.98 Å². The van der Waals surface area contributed by atoms with Crippen LogP contribution in [-0.2, 0) is 13.0 Å². The van der Waals surface area contributed by atoms with Crippen LogP contribution in [0.5, 0.6) is 0 Å².